The number of fused-ring (bicyclic) bond motifs is 2. The van der Waals surface area contributed by atoms with Gasteiger partial charge in [-0.25, -0.2) is 0 Å². The second-order valence-corrected chi connectivity index (χ2v) is 4.06. The maximum Gasteiger partial charge on any atom is 0.358 e. The van der Waals surface area contributed by atoms with Crippen LogP contribution in [0.2, 0.25) is 0 Å². The van der Waals surface area contributed by atoms with Gasteiger partial charge in [-0.15, -0.1) is 0 Å². The molecule has 0 aromatic heterocycles. The van der Waals surface area contributed by atoms with Crippen LogP contribution in [0.3, 0.4) is 0 Å². The molecule has 0 saturated heterocycles. The molecular formula is C12H10B2O2. The summed E-state index contributed by atoms with van der Waals surface area (Å²) in [4.78, 5) is 0. The van der Waals surface area contributed by atoms with Gasteiger partial charge in [-0.1, -0.05) is 48.5 Å². The fourth-order valence-corrected chi connectivity index (χ4v) is 2.35. The van der Waals surface area contributed by atoms with Gasteiger partial charge in [0.1, 0.15) is 0 Å². The Labute approximate surface area is 94.8 Å². The van der Waals surface area contributed by atoms with Crippen LogP contribution in [0.15, 0.2) is 48.5 Å². The molecule has 1 heterocycles. The van der Waals surface area contributed by atoms with Gasteiger partial charge in [0.15, 0.2) is 0 Å². The average molecular weight is 208 g/mol. The molecule has 1 aliphatic heterocycles. The summed E-state index contributed by atoms with van der Waals surface area (Å²) in [5, 5.41) is 20.4. The van der Waals surface area contributed by atoms with E-state index in [0.29, 0.717) is 0 Å². The van der Waals surface area contributed by atoms with E-state index in [2.05, 4.69) is 0 Å². The third-order valence-corrected chi connectivity index (χ3v) is 3.17. The monoisotopic (exact) mass is 208 g/mol. The van der Waals surface area contributed by atoms with Crippen molar-refractivity contribution in [2.75, 3.05) is 0 Å². The van der Waals surface area contributed by atoms with Crippen molar-refractivity contribution in [3.8, 4) is 0 Å². The fraction of sp³-hybridized carbons (Fsp3) is 0. The molecule has 3 rings (SSSR count). The zero-order valence-electron chi connectivity index (χ0n) is 8.67. The smallest absolute Gasteiger partial charge is 0.358 e. The third-order valence-electron chi connectivity index (χ3n) is 3.17. The van der Waals surface area contributed by atoms with Crippen molar-refractivity contribution in [3.05, 3.63) is 48.5 Å². The van der Waals surface area contributed by atoms with E-state index in [4.69, 9.17) is 0 Å². The maximum atomic E-state index is 10.2. The SMILES string of the molecule is OB1c2ccccc2B(O)c2ccccc21. The van der Waals surface area contributed by atoms with Crippen LogP contribution in [0.25, 0.3) is 0 Å². The topological polar surface area (TPSA) is 40.5 Å². The fourth-order valence-electron chi connectivity index (χ4n) is 2.35. The number of hydrogen-bond acceptors (Lipinski definition) is 2. The lowest BCUT2D eigenvalue weighted by atomic mass is 9.36. The van der Waals surface area contributed by atoms with Crippen molar-refractivity contribution in [3.63, 3.8) is 0 Å². The van der Waals surface area contributed by atoms with Crippen LogP contribution in [-0.2, 0) is 0 Å². The summed E-state index contributed by atoms with van der Waals surface area (Å²) >= 11 is 0. The molecule has 0 spiro atoms. The van der Waals surface area contributed by atoms with Crippen molar-refractivity contribution in [1.82, 2.24) is 0 Å². The Morgan fingerprint density at radius 3 is 1.06 bits per heavy atom. The first kappa shape index (κ1) is 9.70. The van der Waals surface area contributed by atoms with Gasteiger partial charge in [0.05, 0.1) is 0 Å². The van der Waals surface area contributed by atoms with E-state index in [1.54, 1.807) is 0 Å². The zero-order chi connectivity index (χ0) is 11.1. The molecule has 0 fully saturated rings. The molecule has 0 atom stereocenters. The van der Waals surface area contributed by atoms with Crippen molar-refractivity contribution in [2.45, 2.75) is 0 Å². The molecule has 0 bridgehead atoms. The molecule has 76 valence electrons. The van der Waals surface area contributed by atoms with Crippen LogP contribution in [0, 0.1) is 0 Å². The summed E-state index contributed by atoms with van der Waals surface area (Å²) in [7, 11) is 0. The second-order valence-electron chi connectivity index (χ2n) is 4.06. The van der Waals surface area contributed by atoms with Crippen LogP contribution >= 0.6 is 0 Å². The predicted molar refractivity (Wildman–Crippen MR) is 67.4 cm³/mol. The molecule has 0 aliphatic carbocycles. The molecule has 4 heteroatoms. The molecule has 2 nitrogen and oxygen atoms in total. The molecule has 16 heavy (non-hydrogen) atoms. The summed E-state index contributed by atoms with van der Waals surface area (Å²) in [6, 6.07) is 15.0. The molecular weight excluding hydrogens is 198 g/mol. The molecule has 0 radical (unpaired) electrons. The summed E-state index contributed by atoms with van der Waals surface area (Å²) in [6.45, 7) is -1.26. The standard InChI is InChI=1S/C12H10B2O2/c15-13-9-5-1-2-6-10(9)14(16)12-8-4-3-7-11(12)13/h1-8,15-16H. The van der Waals surface area contributed by atoms with Crippen LogP contribution in [0.1, 0.15) is 0 Å². The first-order valence-corrected chi connectivity index (χ1v) is 5.33. The van der Waals surface area contributed by atoms with Gasteiger partial charge in [0, 0.05) is 0 Å². The number of rotatable bonds is 0. The first-order chi connectivity index (χ1) is 7.79. The van der Waals surface area contributed by atoms with E-state index in [9.17, 15) is 10.0 Å². The van der Waals surface area contributed by atoms with E-state index >= 15 is 0 Å². The normalized spacial score (nSPS) is 13.4. The number of hydrogen-bond donors (Lipinski definition) is 2. The van der Waals surface area contributed by atoms with E-state index < -0.39 is 13.8 Å². The Bertz CT molecular complexity index is 447. The number of benzene rings is 2. The lowest BCUT2D eigenvalue weighted by molar-refractivity contribution is 0.592. The van der Waals surface area contributed by atoms with Gasteiger partial charge in [-0.2, -0.15) is 0 Å². The van der Waals surface area contributed by atoms with Crippen molar-refractivity contribution >= 4 is 35.7 Å². The van der Waals surface area contributed by atoms with Gasteiger partial charge in [-0.05, 0) is 21.9 Å². The van der Waals surface area contributed by atoms with Crippen LogP contribution < -0.4 is 21.9 Å². The highest BCUT2D eigenvalue weighted by Crippen LogP contribution is 1.96. The minimum Gasteiger partial charge on any atom is -0.443 e. The molecule has 2 aromatic rings. The van der Waals surface area contributed by atoms with Gasteiger partial charge in [-0.3, -0.25) is 0 Å². The molecule has 0 unspecified atom stereocenters. The first-order valence-electron chi connectivity index (χ1n) is 5.33. The zero-order valence-corrected chi connectivity index (χ0v) is 8.67. The molecule has 2 aromatic carbocycles. The van der Waals surface area contributed by atoms with Gasteiger partial charge < -0.3 is 10.0 Å². The van der Waals surface area contributed by atoms with Crippen molar-refractivity contribution < 1.29 is 10.0 Å². The van der Waals surface area contributed by atoms with E-state index in [0.717, 1.165) is 21.9 Å². The Kier molecular flexibility index (Phi) is 2.13. The van der Waals surface area contributed by atoms with Crippen LogP contribution in [0.5, 0.6) is 0 Å². The molecule has 1 aliphatic rings. The Balaban J connectivity index is 2.26. The summed E-state index contributed by atoms with van der Waals surface area (Å²) in [5.41, 5.74) is 3.20. The maximum absolute atomic E-state index is 10.2. The molecule has 0 amide bonds. The van der Waals surface area contributed by atoms with Crippen LogP contribution in [-0.4, -0.2) is 23.9 Å². The van der Waals surface area contributed by atoms with Crippen molar-refractivity contribution in [1.29, 1.82) is 0 Å². The third kappa shape index (κ3) is 1.24. The van der Waals surface area contributed by atoms with Gasteiger partial charge in [0.2, 0.25) is 0 Å². The highest BCUT2D eigenvalue weighted by atomic mass is 16.2. The quantitative estimate of drug-likeness (QED) is 0.501. The predicted octanol–water partition coefficient (Wildman–Crippen LogP) is -1.80. The van der Waals surface area contributed by atoms with E-state index in [1.165, 1.54) is 0 Å². The van der Waals surface area contributed by atoms with Crippen LogP contribution in [0.4, 0.5) is 0 Å². The highest BCUT2D eigenvalue weighted by Gasteiger charge is 2.35. The average Bonchev–Trinajstić information content (AvgIpc) is 2.36. The highest BCUT2D eigenvalue weighted by molar-refractivity contribution is 6.97. The lowest BCUT2D eigenvalue weighted by Gasteiger charge is -2.24. The lowest BCUT2D eigenvalue weighted by Crippen LogP contribution is -2.68. The molecule has 2 N–H and O–H groups in total. The minimum absolute atomic E-state index is 0.629. The largest absolute Gasteiger partial charge is 0.443 e. The Hall–Kier alpha value is -1.51. The van der Waals surface area contributed by atoms with E-state index in [1.807, 2.05) is 48.5 Å². The Morgan fingerprint density at radius 2 is 0.812 bits per heavy atom. The summed E-state index contributed by atoms with van der Waals surface area (Å²) in [6.07, 6.45) is 0. The second kappa shape index (κ2) is 3.51. The van der Waals surface area contributed by atoms with E-state index in [-0.39, 0.29) is 0 Å². The summed E-state index contributed by atoms with van der Waals surface area (Å²) < 4.78 is 0. The minimum atomic E-state index is -0.629. The molecule has 0 saturated carbocycles. The summed E-state index contributed by atoms with van der Waals surface area (Å²) in [5.74, 6) is 0. The van der Waals surface area contributed by atoms with Gasteiger partial charge >= 0.3 is 13.8 Å². The van der Waals surface area contributed by atoms with Crippen molar-refractivity contribution in [2.24, 2.45) is 0 Å². The Morgan fingerprint density at radius 1 is 0.562 bits per heavy atom. The van der Waals surface area contributed by atoms with Gasteiger partial charge in [0.25, 0.3) is 0 Å².